The Balaban J connectivity index is 1.96. The van der Waals surface area contributed by atoms with E-state index in [1.165, 1.54) is 0 Å². The molecule has 0 spiro atoms. The highest BCUT2D eigenvalue weighted by Gasteiger charge is 2.37. The number of methoxy groups -OCH3 is 1. The average Bonchev–Trinajstić information content (AvgIpc) is 2.80. The van der Waals surface area contributed by atoms with Crippen LogP contribution in [-0.4, -0.2) is 29.0 Å². The highest BCUT2D eigenvalue weighted by atomic mass is 79.9. The summed E-state index contributed by atoms with van der Waals surface area (Å²) in [7, 11) is 1.58. The van der Waals surface area contributed by atoms with E-state index in [1.807, 2.05) is 36.4 Å². The first-order valence-electron chi connectivity index (χ1n) is 7.44. The number of hydrogen-bond acceptors (Lipinski definition) is 3. The van der Waals surface area contributed by atoms with Gasteiger partial charge < -0.3 is 14.7 Å². The smallest absolute Gasteiger partial charge is 0.305 e. The quantitative estimate of drug-likeness (QED) is 0.847. The Kier molecular flexibility index (Phi) is 4.57. The van der Waals surface area contributed by atoms with Crippen LogP contribution in [0.2, 0.25) is 0 Å². The molecule has 3 rings (SSSR count). The maximum atomic E-state index is 12.8. The van der Waals surface area contributed by atoms with Crippen molar-refractivity contribution >= 4 is 27.8 Å². The lowest BCUT2D eigenvalue weighted by molar-refractivity contribution is -0.138. The summed E-state index contributed by atoms with van der Waals surface area (Å²) in [4.78, 5) is 25.7. The number of ether oxygens (including phenoxy) is 1. The van der Waals surface area contributed by atoms with Crippen molar-refractivity contribution in [3.63, 3.8) is 0 Å². The predicted octanol–water partition coefficient (Wildman–Crippen LogP) is 3.63. The summed E-state index contributed by atoms with van der Waals surface area (Å²) >= 11 is 3.37. The maximum Gasteiger partial charge on any atom is 0.305 e. The van der Waals surface area contributed by atoms with E-state index < -0.39 is 12.0 Å². The normalized spacial score (nSPS) is 16.2. The second-order valence-corrected chi connectivity index (χ2v) is 6.55. The molecule has 1 N–H and O–H groups in total. The largest absolute Gasteiger partial charge is 0.497 e. The van der Waals surface area contributed by atoms with Gasteiger partial charge >= 0.3 is 5.97 Å². The van der Waals surface area contributed by atoms with Crippen LogP contribution in [-0.2, 0) is 11.3 Å². The first-order valence-corrected chi connectivity index (χ1v) is 8.24. The fraction of sp³-hybridized carbons (Fsp3) is 0.222. The Morgan fingerprint density at radius 3 is 2.79 bits per heavy atom. The number of nitrogens with zero attached hydrogens (tertiary/aromatic N) is 1. The number of amides is 1. The monoisotopic (exact) mass is 389 g/mol. The minimum atomic E-state index is -0.931. The Morgan fingerprint density at radius 1 is 1.29 bits per heavy atom. The Morgan fingerprint density at radius 2 is 2.08 bits per heavy atom. The van der Waals surface area contributed by atoms with Gasteiger partial charge in [-0.1, -0.05) is 34.1 Å². The van der Waals surface area contributed by atoms with Crippen molar-refractivity contribution in [2.24, 2.45) is 0 Å². The van der Waals surface area contributed by atoms with Gasteiger partial charge in [-0.15, -0.1) is 0 Å². The van der Waals surface area contributed by atoms with Gasteiger partial charge in [0.15, 0.2) is 0 Å². The van der Waals surface area contributed by atoms with E-state index >= 15 is 0 Å². The molecular formula is C18H16BrNO4. The number of benzene rings is 2. The maximum absolute atomic E-state index is 12.8. The molecule has 1 unspecified atom stereocenters. The highest BCUT2D eigenvalue weighted by Crippen LogP contribution is 2.38. The third-order valence-corrected chi connectivity index (χ3v) is 4.59. The van der Waals surface area contributed by atoms with Crippen molar-refractivity contribution in [2.45, 2.75) is 19.0 Å². The van der Waals surface area contributed by atoms with E-state index in [2.05, 4.69) is 15.9 Å². The standard InChI is InChI=1S/C18H16BrNO4/c1-24-13-4-2-3-11(7-13)10-20-16(9-17(21)22)14-6-5-12(19)8-15(14)18(20)23/h2-8,16H,9-10H2,1H3,(H,21,22). The lowest BCUT2D eigenvalue weighted by Gasteiger charge is -2.24. The van der Waals surface area contributed by atoms with Crippen molar-refractivity contribution in [1.29, 1.82) is 0 Å². The van der Waals surface area contributed by atoms with Crippen LogP contribution in [0, 0.1) is 0 Å². The van der Waals surface area contributed by atoms with Gasteiger partial charge in [0.2, 0.25) is 0 Å². The fourth-order valence-corrected chi connectivity index (χ4v) is 3.36. The van der Waals surface area contributed by atoms with Crippen LogP contribution in [0.1, 0.15) is 33.9 Å². The topological polar surface area (TPSA) is 66.8 Å². The van der Waals surface area contributed by atoms with E-state index in [-0.39, 0.29) is 12.3 Å². The minimum absolute atomic E-state index is 0.121. The van der Waals surface area contributed by atoms with Gasteiger partial charge in [0.25, 0.3) is 5.91 Å². The number of rotatable bonds is 5. The zero-order chi connectivity index (χ0) is 17.3. The SMILES string of the molecule is COc1cccc(CN2C(=O)c3cc(Br)ccc3C2CC(=O)O)c1. The number of carboxylic acids is 1. The van der Waals surface area contributed by atoms with Crippen molar-refractivity contribution < 1.29 is 19.4 Å². The van der Waals surface area contributed by atoms with Crippen LogP contribution in [0.25, 0.3) is 0 Å². The van der Waals surface area contributed by atoms with E-state index in [0.717, 1.165) is 15.6 Å². The summed E-state index contributed by atoms with van der Waals surface area (Å²) in [5.74, 6) is -0.381. The molecule has 1 atom stereocenters. The molecule has 2 aromatic rings. The van der Waals surface area contributed by atoms with Gasteiger partial charge in [0.1, 0.15) is 5.75 Å². The highest BCUT2D eigenvalue weighted by molar-refractivity contribution is 9.10. The second kappa shape index (κ2) is 6.65. The molecular weight excluding hydrogens is 374 g/mol. The summed E-state index contributed by atoms with van der Waals surface area (Å²) < 4.78 is 6.01. The van der Waals surface area contributed by atoms with E-state index in [9.17, 15) is 14.7 Å². The van der Waals surface area contributed by atoms with Crippen molar-refractivity contribution in [2.75, 3.05) is 7.11 Å². The molecule has 1 aliphatic rings. The minimum Gasteiger partial charge on any atom is -0.497 e. The Bertz CT molecular complexity index is 805. The molecule has 1 amide bonds. The molecule has 0 saturated heterocycles. The number of fused-ring (bicyclic) bond motifs is 1. The van der Waals surface area contributed by atoms with E-state index in [0.29, 0.717) is 17.9 Å². The Hall–Kier alpha value is -2.34. The molecule has 0 aromatic heterocycles. The number of carbonyl (C=O) groups excluding carboxylic acids is 1. The van der Waals surface area contributed by atoms with Crippen molar-refractivity contribution in [3.8, 4) is 5.75 Å². The summed E-state index contributed by atoms with van der Waals surface area (Å²) in [5, 5.41) is 9.24. The number of halogens is 1. The predicted molar refractivity (Wildman–Crippen MR) is 92.0 cm³/mol. The zero-order valence-electron chi connectivity index (χ0n) is 13.0. The molecule has 124 valence electrons. The number of carbonyl (C=O) groups is 2. The van der Waals surface area contributed by atoms with Crippen LogP contribution >= 0.6 is 15.9 Å². The molecule has 0 saturated carbocycles. The van der Waals surface area contributed by atoms with Gasteiger partial charge in [-0.2, -0.15) is 0 Å². The lowest BCUT2D eigenvalue weighted by Crippen LogP contribution is -2.29. The summed E-state index contributed by atoms with van der Waals surface area (Å²) in [6.07, 6.45) is -0.121. The number of hydrogen-bond donors (Lipinski definition) is 1. The lowest BCUT2D eigenvalue weighted by atomic mass is 10.0. The molecule has 24 heavy (non-hydrogen) atoms. The van der Waals surface area contributed by atoms with E-state index in [1.54, 1.807) is 18.1 Å². The first-order chi connectivity index (χ1) is 11.5. The molecule has 6 heteroatoms. The number of aliphatic carboxylic acids is 1. The van der Waals surface area contributed by atoms with Crippen LogP contribution in [0.5, 0.6) is 5.75 Å². The van der Waals surface area contributed by atoms with Crippen LogP contribution in [0.3, 0.4) is 0 Å². The molecule has 5 nitrogen and oxygen atoms in total. The van der Waals surface area contributed by atoms with Gasteiger partial charge in [-0.05, 0) is 35.4 Å². The molecule has 0 radical (unpaired) electrons. The van der Waals surface area contributed by atoms with Gasteiger partial charge in [0, 0.05) is 16.6 Å². The molecule has 0 fully saturated rings. The van der Waals surface area contributed by atoms with E-state index in [4.69, 9.17) is 4.74 Å². The fourth-order valence-electron chi connectivity index (χ4n) is 3.00. The van der Waals surface area contributed by atoms with Crippen LogP contribution in [0.15, 0.2) is 46.9 Å². The van der Waals surface area contributed by atoms with Crippen LogP contribution < -0.4 is 4.74 Å². The molecule has 0 aliphatic carbocycles. The summed E-state index contributed by atoms with van der Waals surface area (Å²) in [6.45, 7) is 0.334. The molecule has 1 aliphatic heterocycles. The van der Waals surface area contributed by atoms with Gasteiger partial charge in [-0.3, -0.25) is 9.59 Å². The van der Waals surface area contributed by atoms with Crippen LogP contribution in [0.4, 0.5) is 0 Å². The first kappa shape index (κ1) is 16.5. The van der Waals surface area contributed by atoms with Crippen molar-refractivity contribution in [1.82, 2.24) is 4.90 Å². The van der Waals surface area contributed by atoms with Gasteiger partial charge in [-0.25, -0.2) is 0 Å². The third-order valence-electron chi connectivity index (χ3n) is 4.10. The average molecular weight is 390 g/mol. The summed E-state index contributed by atoms with van der Waals surface area (Å²) in [6, 6.07) is 12.4. The number of carboxylic acid groups (broad SMARTS) is 1. The second-order valence-electron chi connectivity index (χ2n) is 5.63. The van der Waals surface area contributed by atoms with Gasteiger partial charge in [0.05, 0.1) is 19.6 Å². The summed E-state index contributed by atoms with van der Waals surface area (Å²) in [5.41, 5.74) is 2.21. The molecule has 0 bridgehead atoms. The van der Waals surface area contributed by atoms with Crippen molar-refractivity contribution in [3.05, 3.63) is 63.6 Å². The Labute approximate surface area is 148 Å². The molecule has 1 heterocycles. The zero-order valence-corrected chi connectivity index (χ0v) is 14.6. The third kappa shape index (κ3) is 3.14. The molecule has 2 aromatic carbocycles.